The molecule has 4 aromatic rings. The Balaban J connectivity index is 1.71. The third-order valence-corrected chi connectivity index (χ3v) is 4.94. The number of aromatic nitrogens is 5. The Morgan fingerprint density at radius 2 is 1.93 bits per heavy atom. The highest BCUT2D eigenvalue weighted by Gasteiger charge is 2.25. The summed E-state index contributed by atoms with van der Waals surface area (Å²) >= 11 is 0. The van der Waals surface area contributed by atoms with Crippen LogP contribution in [0.25, 0.3) is 29.2 Å². The molecule has 0 N–H and O–H groups in total. The molecule has 0 atom stereocenters. The fourth-order valence-electron chi connectivity index (χ4n) is 3.54. The van der Waals surface area contributed by atoms with Gasteiger partial charge < -0.3 is 4.57 Å². The number of hydrogen-bond donors (Lipinski definition) is 0. The maximum absolute atomic E-state index is 9.51. The first kappa shape index (κ1) is 16.2. The van der Waals surface area contributed by atoms with Crippen LogP contribution in [0.5, 0.6) is 0 Å². The predicted octanol–water partition coefficient (Wildman–Crippen LogP) is 3.84. The molecule has 0 spiro atoms. The molecule has 6 nitrogen and oxygen atoms in total. The van der Waals surface area contributed by atoms with E-state index in [9.17, 15) is 5.26 Å². The van der Waals surface area contributed by atoms with E-state index in [1.807, 2.05) is 57.7 Å². The van der Waals surface area contributed by atoms with E-state index in [0.717, 1.165) is 39.7 Å². The van der Waals surface area contributed by atoms with E-state index in [1.54, 1.807) is 6.33 Å². The van der Waals surface area contributed by atoms with E-state index in [0.29, 0.717) is 12.2 Å². The first-order chi connectivity index (χ1) is 13.7. The van der Waals surface area contributed by atoms with Crippen LogP contribution in [0.1, 0.15) is 28.3 Å². The second kappa shape index (κ2) is 6.32. The molecule has 0 fully saturated rings. The Hall–Kier alpha value is -3.98. The van der Waals surface area contributed by atoms with E-state index in [-0.39, 0.29) is 0 Å². The van der Waals surface area contributed by atoms with Crippen molar-refractivity contribution in [1.29, 1.82) is 5.26 Å². The molecule has 3 heterocycles. The average Bonchev–Trinajstić information content (AvgIpc) is 3.28. The third-order valence-electron chi connectivity index (χ3n) is 4.94. The van der Waals surface area contributed by atoms with Crippen LogP contribution in [0, 0.1) is 18.3 Å². The van der Waals surface area contributed by atoms with Gasteiger partial charge in [-0.15, -0.1) is 10.2 Å². The van der Waals surface area contributed by atoms with E-state index >= 15 is 0 Å². The van der Waals surface area contributed by atoms with Gasteiger partial charge in [0.1, 0.15) is 12.4 Å². The highest BCUT2D eigenvalue weighted by atomic mass is 15.3. The minimum Gasteiger partial charge on any atom is -0.301 e. The van der Waals surface area contributed by atoms with Gasteiger partial charge in [-0.1, -0.05) is 48.0 Å². The Labute approximate surface area is 162 Å². The van der Waals surface area contributed by atoms with Crippen LogP contribution in [-0.2, 0) is 6.54 Å². The second-order valence-electron chi connectivity index (χ2n) is 6.75. The second-order valence-corrected chi connectivity index (χ2v) is 6.75. The van der Waals surface area contributed by atoms with Crippen molar-refractivity contribution in [2.45, 2.75) is 13.5 Å². The van der Waals surface area contributed by atoms with E-state index in [4.69, 9.17) is 0 Å². The van der Waals surface area contributed by atoms with Crippen LogP contribution < -0.4 is 0 Å². The van der Waals surface area contributed by atoms with Gasteiger partial charge in [0.05, 0.1) is 17.9 Å². The first-order valence-electron chi connectivity index (χ1n) is 8.98. The minimum atomic E-state index is 0.422. The van der Waals surface area contributed by atoms with Crippen molar-refractivity contribution < 1.29 is 0 Å². The summed E-state index contributed by atoms with van der Waals surface area (Å²) in [5, 5.41) is 18.4. The molecule has 0 radical (unpaired) electrons. The molecule has 1 aliphatic rings. The molecule has 5 rings (SSSR count). The molecule has 0 unspecified atom stereocenters. The molecule has 0 aliphatic carbocycles. The normalized spacial score (nSPS) is 12.1. The number of rotatable bonds is 2. The zero-order chi connectivity index (χ0) is 19.1. The fraction of sp³-hybridized carbons (Fsp3) is 0.0909. The smallest absolute Gasteiger partial charge is 0.166 e. The molecular weight excluding hydrogens is 348 g/mol. The summed E-state index contributed by atoms with van der Waals surface area (Å²) in [5.41, 5.74) is 5.42. The van der Waals surface area contributed by atoms with Gasteiger partial charge in [-0.2, -0.15) is 5.26 Å². The van der Waals surface area contributed by atoms with Crippen LogP contribution in [0.2, 0.25) is 0 Å². The summed E-state index contributed by atoms with van der Waals surface area (Å²) < 4.78 is 4.02. The van der Waals surface area contributed by atoms with Gasteiger partial charge in [0.25, 0.3) is 0 Å². The quantitative estimate of drug-likeness (QED) is 0.477. The molecule has 1 aliphatic heterocycles. The van der Waals surface area contributed by atoms with E-state index in [2.05, 4.69) is 40.3 Å². The van der Waals surface area contributed by atoms with Crippen molar-refractivity contribution in [3.63, 3.8) is 0 Å². The standard InChI is InChI=1S/C22H16N6/c1-15-7-9-19-17(11-15)22-26-25-21(10-8-16-5-3-2-4-6-16)27(22)13-20-18(12-23)24-14-28(19)20/h2-11,14H,13H2,1H3/b10-8+. The Bertz CT molecular complexity index is 1250. The maximum Gasteiger partial charge on any atom is 0.166 e. The van der Waals surface area contributed by atoms with Gasteiger partial charge in [-0.05, 0) is 30.7 Å². The molecule has 28 heavy (non-hydrogen) atoms. The predicted molar refractivity (Wildman–Crippen MR) is 107 cm³/mol. The number of benzene rings is 2. The zero-order valence-electron chi connectivity index (χ0n) is 15.2. The first-order valence-corrected chi connectivity index (χ1v) is 8.98. The minimum absolute atomic E-state index is 0.422. The summed E-state index contributed by atoms with van der Waals surface area (Å²) in [7, 11) is 0. The average molecular weight is 364 g/mol. The van der Waals surface area contributed by atoms with E-state index < -0.39 is 0 Å². The van der Waals surface area contributed by atoms with E-state index in [1.165, 1.54) is 0 Å². The fourth-order valence-corrected chi connectivity index (χ4v) is 3.54. The lowest BCUT2D eigenvalue weighted by Crippen LogP contribution is -2.06. The highest BCUT2D eigenvalue weighted by Crippen LogP contribution is 2.33. The zero-order valence-corrected chi connectivity index (χ0v) is 15.2. The van der Waals surface area contributed by atoms with Crippen molar-refractivity contribution in [2.24, 2.45) is 0 Å². The van der Waals surface area contributed by atoms with Crippen molar-refractivity contribution in [3.05, 3.63) is 83.2 Å². The summed E-state index contributed by atoms with van der Waals surface area (Å²) in [4.78, 5) is 4.29. The number of nitriles is 1. The SMILES string of the molecule is Cc1ccc2c(c1)-c1nnc(/C=C/c3ccccc3)n1Cc1c(C#N)ncn1-2. The lowest BCUT2D eigenvalue weighted by molar-refractivity contribution is 0.762. The van der Waals surface area contributed by atoms with Gasteiger partial charge in [0.2, 0.25) is 0 Å². The van der Waals surface area contributed by atoms with Crippen LogP contribution in [-0.4, -0.2) is 24.3 Å². The Kier molecular flexibility index (Phi) is 3.66. The Morgan fingerprint density at radius 3 is 2.75 bits per heavy atom. The largest absolute Gasteiger partial charge is 0.301 e. The highest BCUT2D eigenvalue weighted by molar-refractivity contribution is 5.73. The number of imidazole rings is 1. The van der Waals surface area contributed by atoms with Crippen LogP contribution >= 0.6 is 0 Å². The Morgan fingerprint density at radius 1 is 1.07 bits per heavy atom. The molecule has 0 bridgehead atoms. The van der Waals surface area contributed by atoms with Crippen LogP contribution in [0.4, 0.5) is 0 Å². The molecule has 6 heteroatoms. The van der Waals surface area contributed by atoms with Gasteiger partial charge in [-0.25, -0.2) is 4.98 Å². The molecule has 0 saturated carbocycles. The van der Waals surface area contributed by atoms with Crippen molar-refractivity contribution >= 4 is 12.2 Å². The van der Waals surface area contributed by atoms with Crippen molar-refractivity contribution in [3.8, 4) is 23.1 Å². The van der Waals surface area contributed by atoms with Gasteiger partial charge in [-0.3, -0.25) is 4.57 Å². The number of fused-ring (bicyclic) bond motifs is 5. The van der Waals surface area contributed by atoms with Crippen LogP contribution in [0.3, 0.4) is 0 Å². The molecule has 0 saturated heterocycles. The lowest BCUT2D eigenvalue weighted by atomic mass is 10.1. The summed E-state index contributed by atoms with van der Waals surface area (Å²) in [6, 6.07) is 18.5. The topological polar surface area (TPSA) is 72.3 Å². The monoisotopic (exact) mass is 364 g/mol. The number of aryl methyl sites for hydroxylation is 1. The third kappa shape index (κ3) is 2.53. The molecule has 2 aromatic carbocycles. The maximum atomic E-state index is 9.51. The summed E-state index contributed by atoms with van der Waals surface area (Å²) in [6.45, 7) is 2.53. The summed E-state index contributed by atoms with van der Waals surface area (Å²) in [6.07, 6.45) is 5.68. The number of nitrogens with zero attached hydrogens (tertiary/aromatic N) is 6. The number of hydrogen-bond acceptors (Lipinski definition) is 4. The molecular formula is C22H16N6. The molecule has 134 valence electrons. The molecule has 2 aromatic heterocycles. The van der Waals surface area contributed by atoms with Gasteiger partial charge in [0.15, 0.2) is 17.3 Å². The lowest BCUT2D eigenvalue weighted by Gasteiger charge is -2.08. The van der Waals surface area contributed by atoms with Crippen LogP contribution in [0.15, 0.2) is 54.9 Å². The van der Waals surface area contributed by atoms with Crippen molar-refractivity contribution in [2.75, 3.05) is 0 Å². The summed E-state index contributed by atoms with van der Waals surface area (Å²) in [5.74, 6) is 1.53. The van der Waals surface area contributed by atoms with Crippen molar-refractivity contribution in [1.82, 2.24) is 24.3 Å². The molecule has 0 amide bonds. The van der Waals surface area contributed by atoms with Gasteiger partial charge in [0, 0.05) is 5.56 Å². The van der Waals surface area contributed by atoms with Gasteiger partial charge >= 0.3 is 0 Å².